The van der Waals surface area contributed by atoms with Crippen LogP contribution in [-0.2, 0) is 9.59 Å². The van der Waals surface area contributed by atoms with Crippen LogP contribution in [0.15, 0.2) is 24.3 Å². The summed E-state index contributed by atoms with van der Waals surface area (Å²) >= 11 is 0. The molecule has 0 aromatic heterocycles. The highest BCUT2D eigenvalue weighted by atomic mass is 16.2. The molecule has 1 aliphatic heterocycles. The topological polar surface area (TPSA) is 81.5 Å². The number of nitriles is 1. The van der Waals surface area contributed by atoms with Gasteiger partial charge in [0.15, 0.2) is 0 Å². The Hall–Kier alpha value is -2.68. The molecule has 0 bridgehead atoms. The number of anilines is 1. The lowest BCUT2D eigenvalue weighted by molar-refractivity contribution is -0.134. The van der Waals surface area contributed by atoms with Crippen LogP contribution in [0, 0.1) is 11.3 Å². The number of imide groups is 2. The number of hydrogen-bond acceptors (Lipinski definition) is 4. The first-order valence-electron chi connectivity index (χ1n) is 5.76. The molecule has 0 saturated carbocycles. The number of barbiturate groups is 1. The third-order valence-electron chi connectivity index (χ3n) is 2.82. The molecule has 1 aromatic rings. The van der Waals surface area contributed by atoms with E-state index >= 15 is 0 Å². The Morgan fingerprint density at radius 2 is 2.00 bits per heavy atom. The number of nitrogens with zero attached hydrogens (tertiary/aromatic N) is 3. The van der Waals surface area contributed by atoms with Crippen LogP contribution in [0.4, 0.5) is 10.5 Å². The van der Waals surface area contributed by atoms with E-state index in [0.29, 0.717) is 11.3 Å². The Bertz CT molecular complexity index is 603. The van der Waals surface area contributed by atoms with Crippen LogP contribution in [0.25, 0.3) is 0 Å². The number of carbonyl (C=O) groups excluding carboxylic acids is 3. The summed E-state index contributed by atoms with van der Waals surface area (Å²) in [5.74, 6) is -1.07. The highest BCUT2D eigenvalue weighted by molar-refractivity contribution is 6.26. The van der Waals surface area contributed by atoms with Gasteiger partial charge in [0, 0.05) is 6.54 Å². The molecule has 19 heavy (non-hydrogen) atoms. The van der Waals surface area contributed by atoms with Gasteiger partial charge >= 0.3 is 6.03 Å². The Kier molecular flexibility index (Phi) is 3.29. The summed E-state index contributed by atoms with van der Waals surface area (Å²) in [4.78, 5) is 37.5. The number of amides is 4. The van der Waals surface area contributed by atoms with Gasteiger partial charge in [0.2, 0.25) is 11.8 Å². The van der Waals surface area contributed by atoms with Gasteiger partial charge < -0.3 is 0 Å². The van der Waals surface area contributed by atoms with Crippen LogP contribution < -0.4 is 4.90 Å². The molecule has 0 aliphatic carbocycles. The molecule has 6 nitrogen and oxygen atoms in total. The van der Waals surface area contributed by atoms with E-state index in [1.807, 2.05) is 6.07 Å². The van der Waals surface area contributed by atoms with Gasteiger partial charge in [-0.25, -0.2) is 9.69 Å². The van der Waals surface area contributed by atoms with Crippen LogP contribution in [0.1, 0.15) is 18.9 Å². The average molecular weight is 257 g/mol. The van der Waals surface area contributed by atoms with Crippen LogP contribution in [-0.4, -0.2) is 29.3 Å². The Labute approximate surface area is 109 Å². The van der Waals surface area contributed by atoms with Crippen molar-refractivity contribution in [3.8, 4) is 6.07 Å². The minimum absolute atomic E-state index is 0.208. The van der Waals surface area contributed by atoms with Gasteiger partial charge in [-0.2, -0.15) is 5.26 Å². The van der Waals surface area contributed by atoms with Crippen molar-refractivity contribution in [2.75, 3.05) is 11.4 Å². The van der Waals surface area contributed by atoms with Gasteiger partial charge in [-0.3, -0.25) is 14.5 Å². The van der Waals surface area contributed by atoms with Gasteiger partial charge in [-0.1, -0.05) is 6.07 Å². The fraction of sp³-hybridized carbons (Fsp3) is 0.231. The van der Waals surface area contributed by atoms with Crippen molar-refractivity contribution >= 4 is 23.5 Å². The number of benzene rings is 1. The fourth-order valence-corrected chi connectivity index (χ4v) is 1.92. The van der Waals surface area contributed by atoms with Gasteiger partial charge in [-0.15, -0.1) is 0 Å². The van der Waals surface area contributed by atoms with Crippen LogP contribution in [0.3, 0.4) is 0 Å². The molecule has 2 rings (SSSR count). The van der Waals surface area contributed by atoms with Crippen molar-refractivity contribution in [2.24, 2.45) is 0 Å². The Morgan fingerprint density at radius 1 is 1.26 bits per heavy atom. The average Bonchev–Trinajstić information content (AvgIpc) is 2.39. The molecule has 6 heteroatoms. The van der Waals surface area contributed by atoms with Gasteiger partial charge in [0.05, 0.1) is 17.3 Å². The lowest BCUT2D eigenvalue weighted by Crippen LogP contribution is -2.55. The third kappa shape index (κ3) is 2.18. The molecule has 1 fully saturated rings. The summed E-state index contributed by atoms with van der Waals surface area (Å²) in [6.45, 7) is 1.87. The van der Waals surface area contributed by atoms with Gasteiger partial charge in [0.1, 0.15) is 6.42 Å². The second-order valence-electron chi connectivity index (χ2n) is 3.99. The third-order valence-corrected chi connectivity index (χ3v) is 2.82. The van der Waals surface area contributed by atoms with Crippen LogP contribution in [0.5, 0.6) is 0 Å². The quantitative estimate of drug-likeness (QED) is 0.747. The van der Waals surface area contributed by atoms with E-state index in [-0.39, 0.29) is 13.0 Å². The van der Waals surface area contributed by atoms with Crippen molar-refractivity contribution in [1.82, 2.24) is 4.90 Å². The van der Waals surface area contributed by atoms with E-state index < -0.39 is 17.8 Å². The summed E-state index contributed by atoms with van der Waals surface area (Å²) in [6, 6.07) is 7.43. The minimum Gasteiger partial charge on any atom is -0.274 e. The first-order chi connectivity index (χ1) is 9.08. The Balaban J connectivity index is 2.42. The van der Waals surface area contributed by atoms with Crippen molar-refractivity contribution < 1.29 is 14.4 Å². The van der Waals surface area contributed by atoms with Crippen molar-refractivity contribution in [3.05, 3.63) is 29.8 Å². The lowest BCUT2D eigenvalue weighted by Gasteiger charge is -2.31. The minimum atomic E-state index is -0.668. The molecule has 0 unspecified atom stereocenters. The zero-order valence-corrected chi connectivity index (χ0v) is 10.3. The van der Waals surface area contributed by atoms with Crippen LogP contribution >= 0.6 is 0 Å². The maximum Gasteiger partial charge on any atom is 0.338 e. The molecular formula is C13H11N3O3. The summed E-state index contributed by atoms with van der Waals surface area (Å²) in [5.41, 5.74) is 0.651. The monoisotopic (exact) mass is 257 g/mol. The lowest BCUT2D eigenvalue weighted by atomic mass is 10.1. The van der Waals surface area contributed by atoms with Crippen molar-refractivity contribution in [3.63, 3.8) is 0 Å². The highest BCUT2D eigenvalue weighted by Crippen LogP contribution is 2.22. The van der Waals surface area contributed by atoms with E-state index in [0.717, 1.165) is 9.80 Å². The smallest absolute Gasteiger partial charge is 0.274 e. The Morgan fingerprint density at radius 3 is 2.63 bits per heavy atom. The maximum absolute atomic E-state index is 12.1. The zero-order chi connectivity index (χ0) is 14.0. The number of rotatable bonds is 2. The molecule has 1 saturated heterocycles. The highest BCUT2D eigenvalue weighted by Gasteiger charge is 2.37. The van der Waals surface area contributed by atoms with Crippen LogP contribution in [0.2, 0.25) is 0 Å². The molecule has 0 radical (unpaired) electrons. The summed E-state index contributed by atoms with van der Waals surface area (Å²) < 4.78 is 0. The molecule has 1 aromatic carbocycles. The fourth-order valence-electron chi connectivity index (χ4n) is 1.92. The van der Waals surface area contributed by atoms with Crippen molar-refractivity contribution in [2.45, 2.75) is 13.3 Å². The molecular weight excluding hydrogens is 246 g/mol. The molecule has 96 valence electrons. The van der Waals surface area contributed by atoms with E-state index in [1.165, 1.54) is 6.07 Å². The molecule has 0 spiro atoms. The summed E-state index contributed by atoms with van der Waals surface area (Å²) in [7, 11) is 0. The molecule has 0 atom stereocenters. The van der Waals surface area contributed by atoms with Crippen molar-refractivity contribution in [1.29, 1.82) is 5.26 Å². The second kappa shape index (κ2) is 4.90. The molecule has 1 aliphatic rings. The number of urea groups is 1. The molecule has 0 N–H and O–H groups in total. The molecule has 1 heterocycles. The first-order valence-corrected chi connectivity index (χ1v) is 5.76. The normalized spacial score (nSPS) is 15.7. The summed E-state index contributed by atoms with van der Waals surface area (Å²) in [5, 5.41) is 8.83. The summed E-state index contributed by atoms with van der Waals surface area (Å²) in [6.07, 6.45) is -0.337. The standard InChI is InChI=1S/C13H11N3O3/c1-2-15-11(17)7-12(18)16(13(15)19)10-5-3-4-9(6-10)8-14/h3-6H,2,7H2,1H3. The predicted molar refractivity (Wildman–Crippen MR) is 66.0 cm³/mol. The van der Waals surface area contributed by atoms with E-state index in [2.05, 4.69) is 0 Å². The van der Waals surface area contributed by atoms with Gasteiger partial charge in [0.25, 0.3) is 0 Å². The predicted octanol–water partition coefficient (Wildman–Crippen LogP) is 1.26. The zero-order valence-electron chi connectivity index (χ0n) is 10.3. The largest absolute Gasteiger partial charge is 0.338 e. The SMILES string of the molecule is CCN1C(=O)CC(=O)N(c2cccc(C#N)c2)C1=O. The number of carbonyl (C=O) groups is 3. The first kappa shape index (κ1) is 12.8. The van der Waals surface area contributed by atoms with E-state index in [1.54, 1.807) is 25.1 Å². The number of hydrogen-bond donors (Lipinski definition) is 0. The maximum atomic E-state index is 12.1. The van der Waals surface area contributed by atoms with E-state index in [9.17, 15) is 14.4 Å². The second-order valence-corrected chi connectivity index (χ2v) is 3.99. The van der Waals surface area contributed by atoms with E-state index in [4.69, 9.17) is 5.26 Å². The molecule has 4 amide bonds. The van der Waals surface area contributed by atoms with Gasteiger partial charge in [-0.05, 0) is 25.1 Å².